The lowest BCUT2D eigenvalue weighted by atomic mass is 10.1. The third-order valence-corrected chi connectivity index (χ3v) is 6.90. The van der Waals surface area contributed by atoms with Crippen LogP contribution >= 0.6 is 35.0 Å². The van der Waals surface area contributed by atoms with Crippen molar-refractivity contribution < 1.29 is 9.59 Å². The van der Waals surface area contributed by atoms with Gasteiger partial charge in [-0.2, -0.15) is 0 Å². The quantitative estimate of drug-likeness (QED) is 0.474. The minimum atomic E-state index is -0.313. The van der Waals surface area contributed by atoms with Gasteiger partial charge in [-0.3, -0.25) is 14.5 Å². The predicted octanol–water partition coefficient (Wildman–Crippen LogP) is 6.09. The molecule has 8 heteroatoms. The Morgan fingerprint density at radius 1 is 1.03 bits per heavy atom. The molecule has 1 aliphatic rings. The Hall–Kier alpha value is -2.67. The molecule has 0 spiro atoms. The number of carbonyl (C=O) groups excluding carboxylic acids is 2. The van der Waals surface area contributed by atoms with Crippen LogP contribution in [-0.4, -0.2) is 31.7 Å². The second-order valence-corrected chi connectivity index (χ2v) is 9.45. The van der Waals surface area contributed by atoms with Gasteiger partial charge in [0.05, 0.1) is 16.3 Å². The SMILES string of the molecule is CN(C)c1ccc(N2C(=O)CSC2c2ccc(NC(=O)c3ccc(Cl)cc3Cl)cc2)cc1. The molecule has 1 saturated heterocycles. The number of hydrogen-bond donors (Lipinski definition) is 1. The zero-order valence-electron chi connectivity index (χ0n) is 17.5. The standard InChI is InChI=1S/C24H21Cl2N3O2S/c1-28(2)18-8-10-19(11-9-18)29-22(30)14-32-24(29)15-3-6-17(7-4-15)27-23(31)20-12-5-16(25)13-21(20)26/h3-13,24H,14H2,1-2H3,(H,27,31). The summed E-state index contributed by atoms with van der Waals surface area (Å²) < 4.78 is 0. The van der Waals surface area contributed by atoms with Gasteiger partial charge < -0.3 is 10.2 Å². The molecule has 3 aromatic rings. The lowest BCUT2D eigenvalue weighted by Crippen LogP contribution is -2.27. The summed E-state index contributed by atoms with van der Waals surface area (Å²) in [5.41, 5.74) is 3.92. The van der Waals surface area contributed by atoms with Crippen LogP contribution in [0.15, 0.2) is 66.7 Å². The minimum Gasteiger partial charge on any atom is -0.378 e. The molecule has 0 saturated carbocycles. The molecule has 5 nitrogen and oxygen atoms in total. The number of amides is 2. The smallest absolute Gasteiger partial charge is 0.257 e. The number of anilines is 3. The Morgan fingerprint density at radius 3 is 2.34 bits per heavy atom. The lowest BCUT2D eigenvalue weighted by Gasteiger charge is -2.25. The fourth-order valence-corrected chi connectivity index (χ4v) is 5.14. The van der Waals surface area contributed by atoms with E-state index in [-0.39, 0.29) is 17.2 Å². The first-order valence-electron chi connectivity index (χ1n) is 9.91. The second-order valence-electron chi connectivity index (χ2n) is 7.54. The van der Waals surface area contributed by atoms with Gasteiger partial charge in [0.2, 0.25) is 5.91 Å². The normalized spacial score (nSPS) is 15.7. The van der Waals surface area contributed by atoms with Crippen molar-refractivity contribution in [2.45, 2.75) is 5.37 Å². The summed E-state index contributed by atoms with van der Waals surface area (Å²) in [5, 5.41) is 3.49. The Morgan fingerprint density at radius 2 is 1.72 bits per heavy atom. The Kier molecular flexibility index (Phi) is 6.65. The maximum absolute atomic E-state index is 12.6. The van der Waals surface area contributed by atoms with Gasteiger partial charge in [0.25, 0.3) is 5.91 Å². The van der Waals surface area contributed by atoms with Crippen LogP contribution in [0.2, 0.25) is 10.0 Å². The van der Waals surface area contributed by atoms with Crippen molar-refractivity contribution in [2.75, 3.05) is 35.0 Å². The lowest BCUT2D eigenvalue weighted by molar-refractivity contribution is -0.115. The van der Waals surface area contributed by atoms with Crippen molar-refractivity contribution in [1.82, 2.24) is 0 Å². The summed E-state index contributed by atoms with van der Waals surface area (Å²) in [5.74, 6) is 0.188. The molecule has 1 N–H and O–H groups in total. The van der Waals surface area contributed by atoms with Crippen molar-refractivity contribution in [1.29, 1.82) is 0 Å². The Bertz CT molecular complexity index is 1150. The predicted molar refractivity (Wildman–Crippen MR) is 134 cm³/mol. The van der Waals surface area contributed by atoms with E-state index in [0.29, 0.717) is 27.0 Å². The average molecular weight is 486 g/mol. The number of carbonyl (C=O) groups is 2. The van der Waals surface area contributed by atoms with Crippen molar-refractivity contribution in [3.05, 3.63) is 87.9 Å². The fourth-order valence-electron chi connectivity index (χ4n) is 3.46. The average Bonchev–Trinajstić information content (AvgIpc) is 3.15. The molecule has 1 aliphatic heterocycles. The zero-order chi connectivity index (χ0) is 22.8. The highest BCUT2D eigenvalue weighted by Gasteiger charge is 2.34. The number of halogens is 2. The number of nitrogens with zero attached hydrogens (tertiary/aromatic N) is 2. The highest BCUT2D eigenvalue weighted by molar-refractivity contribution is 8.00. The van der Waals surface area contributed by atoms with Crippen molar-refractivity contribution in [3.8, 4) is 0 Å². The van der Waals surface area contributed by atoms with Crippen LogP contribution < -0.4 is 15.1 Å². The van der Waals surface area contributed by atoms with Gasteiger partial charge in [-0.25, -0.2) is 0 Å². The van der Waals surface area contributed by atoms with E-state index in [1.807, 2.05) is 72.4 Å². The van der Waals surface area contributed by atoms with E-state index >= 15 is 0 Å². The molecule has 0 bridgehead atoms. The Balaban J connectivity index is 1.51. The van der Waals surface area contributed by atoms with E-state index in [0.717, 1.165) is 16.9 Å². The molecule has 1 atom stereocenters. The molecule has 3 aromatic carbocycles. The van der Waals surface area contributed by atoms with Gasteiger partial charge in [-0.05, 0) is 60.2 Å². The van der Waals surface area contributed by atoms with Gasteiger partial charge >= 0.3 is 0 Å². The highest BCUT2D eigenvalue weighted by Crippen LogP contribution is 2.42. The fraction of sp³-hybridized carbons (Fsp3) is 0.167. The maximum Gasteiger partial charge on any atom is 0.257 e. The topological polar surface area (TPSA) is 52.6 Å². The summed E-state index contributed by atoms with van der Waals surface area (Å²) in [4.78, 5) is 29.0. The summed E-state index contributed by atoms with van der Waals surface area (Å²) >= 11 is 13.6. The number of benzene rings is 3. The van der Waals surface area contributed by atoms with E-state index in [9.17, 15) is 9.59 Å². The molecule has 164 valence electrons. The summed E-state index contributed by atoms with van der Waals surface area (Å²) in [7, 11) is 3.96. The molecule has 1 heterocycles. The molecule has 0 radical (unpaired) electrons. The Labute approximate surface area is 201 Å². The third-order valence-electron chi connectivity index (χ3n) is 5.14. The first kappa shape index (κ1) is 22.5. The van der Waals surface area contributed by atoms with Crippen LogP contribution in [0.25, 0.3) is 0 Å². The van der Waals surface area contributed by atoms with Gasteiger partial charge in [-0.1, -0.05) is 35.3 Å². The summed E-state index contributed by atoms with van der Waals surface area (Å²) in [6.45, 7) is 0. The molecule has 0 aromatic heterocycles. The number of hydrogen-bond acceptors (Lipinski definition) is 4. The van der Waals surface area contributed by atoms with Crippen LogP contribution in [-0.2, 0) is 4.79 Å². The zero-order valence-corrected chi connectivity index (χ0v) is 19.8. The van der Waals surface area contributed by atoms with Crippen molar-refractivity contribution in [3.63, 3.8) is 0 Å². The van der Waals surface area contributed by atoms with Gasteiger partial charge in [-0.15, -0.1) is 11.8 Å². The molecule has 1 unspecified atom stereocenters. The van der Waals surface area contributed by atoms with Crippen LogP contribution in [0, 0.1) is 0 Å². The number of nitrogens with one attached hydrogen (secondary N) is 1. The van der Waals surface area contributed by atoms with Gasteiger partial charge in [0.15, 0.2) is 0 Å². The van der Waals surface area contributed by atoms with Crippen LogP contribution in [0.5, 0.6) is 0 Å². The van der Waals surface area contributed by atoms with E-state index in [2.05, 4.69) is 5.32 Å². The van der Waals surface area contributed by atoms with Gasteiger partial charge in [0, 0.05) is 36.2 Å². The van der Waals surface area contributed by atoms with Crippen LogP contribution in [0.1, 0.15) is 21.3 Å². The summed E-state index contributed by atoms with van der Waals surface area (Å²) in [6.07, 6.45) is 0. The second kappa shape index (κ2) is 9.45. The van der Waals surface area contributed by atoms with Gasteiger partial charge in [0.1, 0.15) is 5.37 Å². The molecular formula is C24H21Cl2N3O2S. The largest absolute Gasteiger partial charge is 0.378 e. The van der Waals surface area contributed by atoms with Crippen LogP contribution in [0.3, 0.4) is 0 Å². The first-order valence-corrected chi connectivity index (χ1v) is 11.7. The molecule has 4 rings (SSSR count). The molecule has 0 aliphatic carbocycles. The molecular weight excluding hydrogens is 465 g/mol. The number of thioether (sulfide) groups is 1. The van der Waals surface area contributed by atoms with E-state index in [4.69, 9.17) is 23.2 Å². The van der Waals surface area contributed by atoms with E-state index in [1.54, 1.807) is 23.9 Å². The minimum absolute atomic E-state index is 0.0763. The van der Waals surface area contributed by atoms with E-state index < -0.39 is 0 Å². The molecule has 32 heavy (non-hydrogen) atoms. The highest BCUT2D eigenvalue weighted by atomic mass is 35.5. The first-order chi connectivity index (χ1) is 15.3. The molecule has 1 fully saturated rings. The van der Waals surface area contributed by atoms with Crippen LogP contribution in [0.4, 0.5) is 17.1 Å². The number of rotatable bonds is 5. The summed E-state index contributed by atoms with van der Waals surface area (Å²) in [6, 6.07) is 20.2. The van der Waals surface area contributed by atoms with Crippen molar-refractivity contribution >= 4 is 63.8 Å². The monoisotopic (exact) mass is 485 g/mol. The maximum atomic E-state index is 12.6. The third kappa shape index (κ3) is 4.72. The molecule has 2 amide bonds. The van der Waals surface area contributed by atoms with Crippen molar-refractivity contribution in [2.24, 2.45) is 0 Å². The van der Waals surface area contributed by atoms with E-state index in [1.165, 1.54) is 6.07 Å².